The third kappa shape index (κ3) is 0.857. The van der Waals surface area contributed by atoms with Gasteiger partial charge in [-0.25, -0.2) is 9.59 Å². The molecular formula is C3H2N2O4. The summed E-state index contributed by atoms with van der Waals surface area (Å²) in [7, 11) is 0. The van der Waals surface area contributed by atoms with Gasteiger partial charge in [0.25, 0.3) is 6.04 Å². The van der Waals surface area contributed by atoms with E-state index in [9.17, 15) is 9.59 Å². The number of carbonyl (C=O) groups excluding carboxylic acids is 1. The Hall–Kier alpha value is -1.46. The van der Waals surface area contributed by atoms with Crippen LogP contribution in [0.15, 0.2) is 10.4 Å². The lowest BCUT2D eigenvalue weighted by atomic mass is 10.3. The van der Waals surface area contributed by atoms with Crippen LogP contribution < -0.4 is 0 Å². The Bertz CT molecular complexity index is 186. The number of carboxylic acids is 1. The Morgan fingerprint density at radius 2 is 2.44 bits per heavy atom. The molecule has 48 valence electrons. The molecule has 1 rings (SSSR count). The van der Waals surface area contributed by atoms with Crippen LogP contribution in [0.4, 0.5) is 0 Å². The van der Waals surface area contributed by atoms with Crippen LogP contribution in [0.2, 0.25) is 0 Å². The van der Waals surface area contributed by atoms with Crippen LogP contribution in [0.1, 0.15) is 0 Å². The van der Waals surface area contributed by atoms with E-state index in [1.165, 1.54) is 0 Å². The van der Waals surface area contributed by atoms with Crippen LogP contribution >= 0.6 is 0 Å². The molecule has 0 aliphatic carbocycles. The zero-order valence-corrected chi connectivity index (χ0v) is 4.14. The second kappa shape index (κ2) is 1.81. The molecule has 0 aromatic carbocycles. The maximum atomic E-state index is 10.2. The van der Waals surface area contributed by atoms with E-state index in [-0.39, 0.29) is 0 Å². The summed E-state index contributed by atoms with van der Waals surface area (Å²) in [6, 6.07) is -1.45. The van der Waals surface area contributed by atoms with Crippen molar-refractivity contribution in [1.82, 2.24) is 0 Å². The number of carboxylic acid groups (broad SMARTS) is 1. The predicted molar refractivity (Wildman–Crippen MR) is 22.4 cm³/mol. The molecule has 0 amide bonds. The highest BCUT2D eigenvalue weighted by Gasteiger charge is 2.32. The van der Waals surface area contributed by atoms with Crippen molar-refractivity contribution in [2.75, 3.05) is 0 Å². The molecular weight excluding hydrogens is 128 g/mol. The quantitative estimate of drug-likeness (QED) is 0.478. The van der Waals surface area contributed by atoms with Crippen molar-refractivity contribution in [3.05, 3.63) is 0 Å². The molecule has 1 aliphatic heterocycles. The van der Waals surface area contributed by atoms with Gasteiger partial charge in [-0.05, 0) is 0 Å². The molecule has 0 radical (unpaired) electrons. The monoisotopic (exact) mass is 130 g/mol. The van der Waals surface area contributed by atoms with Crippen molar-refractivity contribution in [2.45, 2.75) is 6.04 Å². The van der Waals surface area contributed by atoms with Gasteiger partial charge >= 0.3 is 11.9 Å². The molecule has 0 saturated carbocycles. The summed E-state index contributed by atoms with van der Waals surface area (Å²) in [6.07, 6.45) is 0. The van der Waals surface area contributed by atoms with Crippen molar-refractivity contribution in [1.29, 1.82) is 0 Å². The predicted octanol–water partition coefficient (Wildman–Crippen LogP) is -0.636. The van der Waals surface area contributed by atoms with Gasteiger partial charge in [-0.3, -0.25) is 4.84 Å². The minimum atomic E-state index is -1.45. The van der Waals surface area contributed by atoms with E-state index >= 15 is 0 Å². The van der Waals surface area contributed by atoms with Gasteiger partial charge in [0, 0.05) is 5.28 Å². The smallest absolute Gasteiger partial charge is 0.374 e. The maximum absolute atomic E-state index is 10.2. The lowest BCUT2D eigenvalue weighted by Gasteiger charge is -1.88. The fraction of sp³-hybridized carbons (Fsp3) is 0.333. The van der Waals surface area contributed by atoms with Gasteiger partial charge in [-0.15, -0.1) is 5.11 Å². The first-order valence-corrected chi connectivity index (χ1v) is 2.05. The van der Waals surface area contributed by atoms with Crippen LogP contribution in [-0.4, -0.2) is 23.1 Å². The average Bonchev–Trinajstić information content (AvgIpc) is 2.13. The first-order valence-electron chi connectivity index (χ1n) is 2.05. The third-order valence-corrected chi connectivity index (χ3v) is 0.751. The SMILES string of the molecule is O=C(O)C1N=NOC1=O. The van der Waals surface area contributed by atoms with E-state index in [0.717, 1.165) is 0 Å². The summed E-state index contributed by atoms with van der Waals surface area (Å²) in [6.45, 7) is 0. The molecule has 0 spiro atoms. The summed E-state index contributed by atoms with van der Waals surface area (Å²) in [5.41, 5.74) is 0. The van der Waals surface area contributed by atoms with E-state index in [0.29, 0.717) is 0 Å². The molecule has 1 N–H and O–H groups in total. The van der Waals surface area contributed by atoms with E-state index < -0.39 is 18.0 Å². The fourth-order valence-corrected chi connectivity index (χ4v) is 0.358. The minimum Gasteiger partial charge on any atom is -0.479 e. The van der Waals surface area contributed by atoms with Crippen LogP contribution in [0.25, 0.3) is 0 Å². The van der Waals surface area contributed by atoms with Gasteiger partial charge in [0.2, 0.25) is 0 Å². The Kier molecular flexibility index (Phi) is 1.14. The Balaban J connectivity index is 2.71. The molecule has 1 aliphatic rings. The molecule has 1 heterocycles. The highest BCUT2D eigenvalue weighted by Crippen LogP contribution is 2.04. The molecule has 0 aromatic heterocycles. The summed E-state index contributed by atoms with van der Waals surface area (Å²) >= 11 is 0. The van der Waals surface area contributed by atoms with Gasteiger partial charge in [0.1, 0.15) is 0 Å². The minimum absolute atomic E-state index is 0.942. The standard InChI is InChI=1S/C3H2N2O4/c6-2(7)1-3(8)9-5-4-1/h1H,(H,6,7). The van der Waals surface area contributed by atoms with Crippen LogP contribution in [0, 0.1) is 0 Å². The summed E-state index contributed by atoms with van der Waals surface area (Å²) < 4.78 is 0. The van der Waals surface area contributed by atoms with E-state index in [2.05, 4.69) is 15.2 Å². The van der Waals surface area contributed by atoms with E-state index in [1.807, 2.05) is 0 Å². The van der Waals surface area contributed by atoms with Crippen LogP contribution in [-0.2, 0) is 14.4 Å². The average molecular weight is 130 g/mol. The van der Waals surface area contributed by atoms with Crippen LogP contribution in [0.5, 0.6) is 0 Å². The lowest BCUT2D eigenvalue weighted by Crippen LogP contribution is -2.24. The highest BCUT2D eigenvalue weighted by atomic mass is 16.7. The van der Waals surface area contributed by atoms with Crippen molar-refractivity contribution >= 4 is 11.9 Å². The molecule has 0 saturated heterocycles. The number of rotatable bonds is 1. The fourth-order valence-electron chi connectivity index (χ4n) is 0.358. The molecule has 6 heteroatoms. The number of carbonyl (C=O) groups is 2. The van der Waals surface area contributed by atoms with Gasteiger partial charge in [-0.2, -0.15) is 0 Å². The third-order valence-electron chi connectivity index (χ3n) is 0.751. The second-order valence-corrected chi connectivity index (χ2v) is 1.35. The molecule has 0 aromatic rings. The molecule has 0 fully saturated rings. The zero-order chi connectivity index (χ0) is 6.85. The van der Waals surface area contributed by atoms with Crippen molar-refractivity contribution in [3.8, 4) is 0 Å². The van der Waals surface area contributed by atoms with Crippen molar-refractivity contribution in [3.63, 3.8) is 0 Å². The molecule has 1 unspecified atom stereocenters. The number of aliphatic carboxylic acids is 1. The van der Waals surface area contributed by atoms with E-state index in [1.54, 1.807) is 0 Å². The summed E-state index contributed by atoms with van der Waals surface area (Å²) in [4.78, 5) is 24.0. The summed E-state index contributed by atoms with van der Waals surface area (Å²) in [5.74, 6) is -2.29. The highest BCUT2D eigenvalue weighted by molar-refractivity contribution is 5.98. The van der Waals surface area contributed by atoms with E-state index in [4.69, 9.17) is 5.11 Å². The van der Waals surface area contributed by atoms with Gasteiger partial charge in [0.15, 0.2) is 0 Å². The Labute approximate surface area is 49.1 Å². The molecule has 6 nitrogen and oxygen atoms in total. The normalized spacial score (nSPS) is 24.0. The van der Waals surface area contributed by atoms with Gasteiger partial charge in [-0.1, -0.05) is 0 Å². The Morgan fingerprint density at radius 3 is 2.67 bits per heavy atom. The second-order valence-electron chi connectivity index (χ2n) is 1.35. The summed E-state index contributed by atoms with van der Waals surface area (Å²) in [5, 5.41) is 13.9. The first kappa shape index (κ1) is 5.67. The molecule has 1 atom stereocenters. The number of nitrogens with zero attached hydrogens (tertiary/aromatic N) is 2. The lowest BCUT2D eigenvalue weighted by molar-refractivity contribution is -0.149. The molecule has 0 bridgehead atoms. The van der Waals surface area contributed by atoms with Gasteiger partial charge < -0.3 is 5.11 Å². The van der Waals surface area contributed by atoms with Crippen LogP contribution in [0.3, 0.4) is 0 Å². The first-order chi connectivity index (χ1) is 4.22. The molecule has 9 heavy (non-hydrogen) atoms. The van der Waals surface area contributed by atoms with Gasteiger partial charge in [0.05, 0.1) is 0 Å². The maximum Gasteiger partial charge on any atom is 0.374 e. The largest absolute Gasteiger partial charge is 0.479 e. The number of hydrogen-bond acceptors (Lipinski definition) is 5. The Morgan fingerprint density at radius 1 is 1.78 bits per heavy atom. The zero-order valence-electron chi connectivity index (χ0n) is 4.14. The van der Waals surface area contributed by atoms with Crippen molar-refractivity contribution < 1.29 is 19.5 Å². The van der Waals surface area contributed by atoms with Crippen molar-refractivity contribution in [2.24, 2.45) is 10.4 Å². The number of hydrogen-bond donors (Lipinski definition) is 1. The topological polar surface area (TPSA) is 88.3 Å².